The number of amides is 3. The summed E-state index contributed by atoms with van der Waals surface area (Å²) in [5, 5.41) is 5.31. The predicted octanol–water partition coefficient (Wildman–Crippen LogP) is 2.68. The van der Waals surface area contributed by atoms with Crippen LogP contribution in [0.1, 0.15) is 71.0 Å². The van der Waals surface area contributed by atoms with Gasteiger partial charge >= 0.3 is 12.1 Å². The maximum Gasteiger partial charge on any atom is 0.408 e. The van der Waals surface area contributed by atoms with Gasteiger partial charge in [-0.15, -0.1) is 6.42 Å². The summed E-state index contributed by atoms with van der Waals surface area (Å²) in [5.74, 6) is 1.26. The van der Waals surface area contributed by atoms with Crippen LogP contribution in [0.5, 0.6) is 0 Å². The normalized spacial score (nSPS) is 14.6. The lowest BCUT2D eigenvalue weighted by molar-refractivity contribution is -0.144. The number of carbonyl (C=O) groups excluding carboxylic acids is 4. The zero-order chi connectivity index (χ0) is 26.2. The minimum absolute atomic E-state index is 0.0102. The van der Waals surface area contributed by atoms with Crippen molar-refractivity contribution in [1.82, 2.24) is 15.5 Å². The molecule has 9 heteroatoms. The third-order valence-corrected chi connectivity index (χ3v) is 5.15. The molecule has 2 rings (SSSR count). The monoisotopic (exact) mass is 485 g/mol. The second-order valence-electron chi connectivity index (χ2n) is 9.36. The van der Waals surface area contributed by atoms with E-state index in [0.29, 0.717) is 11.1 Å². The number of hydrogen-bond acceptors (Lipinski definition) is 6. The van der Waals surface area contributed by atoms with Crippen LogP contribution in [-0.4, -0.2) is 59.6 Å². The Morgan fingerprint density at radius 3 is 2.31 bits per heavy atom. The fraction of sp³-hybridized carbons (Fsp3) is 0.538. The minimum atomic E-state index is -0.966. The molecule has 9 nitrogen and oxygen atoms in total. The van der Waals surface area contributed by atoms with Gasteiger partial charge in [0.15, 0.2) is 0 Å². The van der Waals surface area contributed by atoms with E-state index in [1.807, 2.05) is 0 Å². The lowest BCUT2D eigenvalue weighted by Gasteiger charge is -2.34. The van der Waals surface area contributed by atoms with Gasteiger partial charge in [-0.3, -0.25) is 14.4 Å². The predicted molar refractivity (Wildman–Crippen MR) is 130 cm³/mol. The maximum atomic E-state index is 13.5. The van der Waals surface area contributed by atoms with Gasteiger partial charge in [-0.25, -0.2) is 4.79 Å². The number of alkyl carbamates (subject to hydrolysis) is 1. The van der Waals surface area contributed by atoms with Gasteiger partial charge in [0.1, 0.15) is 17.7 Å². The molecule has 2 unspecified atom stereocenters. The smallest absolute Gasteiger partial charge is 0.408 e. The van der Waals surface area contributed by atoms with Crippen molar-refractivity contribution >= 4 is 23.9 Å². The van der Waals surface area contributed by atoms with Gasteiger partial charge in [-0.05, 0) is 65.2 Å². The molecule has 1 aliphatic rings. The summed E-state index contributed by atoms with van der Waals surface area (Å²) in [4.78, 5) is 52.3. The number of benzene rings is 1. The highest BCUT2D eigenvalue weighted by molar-refractivity contribution is 5.92. The first kappa shape index (κ1) is 27.7. The Labute approximate surface area is 206 Å². The van der Waals surface area contributed by atoms with Crippen molar-refractivity contribution in [3.05, 3.63) is 35.4 Å². The zero-order valence-corrected chi connectivity index (χ0v) is 21.1. The van der Waals surface area contributed by atoms with Crippen molar-refractivity contribution in [1.29, 1.82) is 0 Å². The van der Waals surface area contributed by atoms with Crippen molar-refractivity contribution in [2.24, 2.45) is 0 Å². The molecule has 0 aliphatic heterocycles. The van der Waals surface area contributed by atoms with E-state index < -0.39 is 41.6 Å². The van der Waals surface area contributed by atoms with E-state index >= 15 is 0 Å². The molecule has 0 radical (unpaired) electrons. The van der Waals surface area contributed by atoms with Crippen LogP contribution in [0.4, 0.5) is 4.79 Å². The number of esters is 1. The van der Waals surface area contributed by atoms with Crippen molar-refractivity contribution < 1.29 is 28.7 Å². The molecule has 35 heavy (non-hydrogen) atoms. The fourth-order valence-corrected chi connectivity index (χ4v) is 3.46. The standard InChI is InChI=1S/C26H35N3O6/c1-7-18-9-11-19(12-10-18)22(23(31)27-16-15-21(30)34-8-2)29(20-13-14-20)24(32)17(3)28-25(33)35-26(4,5)6/h1,9-12,17,20,22H,8,13-16H2,2-6H3,(H,27,31)(H,28,33). The van der Waals surface area contributed by atoms with Gasteiger partial charge in [0.25, 0.3) is 0 Å². The summed E-state index contributed by atoms with van der Waals surface area (Å²) in [6, 6.07) is 4.77. The Morgan fingerprint density at radius 2 is 1.80 bits per heavy atom. The van der Waals surface area contributed by atoms with Crippen LogP contribution in [0.25, 0.3) is 0 Å². The van der Waals surface area contributed by atoms with Gasteiger partial charge in [-0.1, -0.05) is 18.1 Å². The lowest BCUT2D eigenvalue weighted by Crippen LogP contribution is -2.52. The summed E-state index contributed by atoms with van der Waals surface area (Å²) in [5.41, 5.74) is 0.491. The average Bonchev–Trinajstić information content (AvgIpc) is 3.61. The molecule has 1 aromatic carbocycles. The number of hydrogen-bond donors (Lipinski definition) is 2. The third-order valence-electron chi connectivity index (χ3n) is 5.15. The number of carbonyl (C=O) groups is 4. The lowest BCUT2D eigenvalue weighted by atomic mass is 10.0. The topological polar surface area (TPSA) is 114 Å². The first-order valence-electron chi connectivity index (χ1n) is 11.8. The molecule has 1 aliphatic carbocycles. The molecule has 1 aromatic rings. The largest absolute Gasteiger partial charge is 0.466 e. The second-order valence-corrected chi connectivity index (χ2v) is 9.36. The van der Waals surface area contributed by atoms with Gasteiger partial charge in [0.05, 0.1) is 13.0 Å². The van der Waals surface area contributed by atoms with E-state index in [1.165, 1.54) is 4.90 Å². The van der Waals surface area contributed by atoms with Crippen LogP contribution in [0.2, 0.25) is 0 Å². The van der Waals surface area contributed by atoms with E-state index in [0.717, 1.165) is 12.8 Å². The van der Waals surface area contributed by atoms with E-state index in [2.05, 4.69) is 16.6 Å². The van der Waals surface area contributed by atoms with Gasteiger partial charge in [0, 0.05) is 18.2 Å². The minimum Gasteiger partial charge on any atom is -0.466 e. The van der Waals surface area contributed by atoms with E-state index in [-0.39, 0.29) is 25.6 Å². The first-order chi connectivity index (χ1) is 16.5. The maximum absolute atomic E-state index is 13.5. The SMILES string of the molecule is C#Cc1ccc(C(C(=O)NCCC(=O)OCC)N(C(=O)C(C)NC(=O)OC(C)(C)C)C2CC2)cc1. The summed E-state index contributed by atoms with van der Waals surface area (Å²) in [6.07, 6.45) is 6.22. The quantitative estimate of drug-likeness (QED) is 0.389. The Kier molecular flexibility index (Phi) is 9.69. The fourth-order valence-electron chi connectivity index (χ4n) is 3.46. The number of ether oxygens (including phenoxy) is 2. The highest BCUT2D eigenvalue weighted by Crippen LogP contribution is 2.35. The molecule has 0 aromatic heterocycles. The average molecular weight is 486 g/mol. The van der Waals surface area contributed by atoms with Gasteiger partial charge < -0.3 is 25.0 Å². The van der Waals surface area contributed by atoms with Crippen LogP contribution < -0.4 is 10.6 Å². The van der Waals surface area contributed by atoms with Crippen LogP contribution in [-0.2, 0) is 23.9 Å². The third kappa shape index (κ3) is 8.63. The molecule has 0 heterocycles. The zero-order valence-electron chi connectivity index (χ0n) is 21.1. The molecular formula is C26H35N3O6. The summed E-state index contributed by atoms with van der Waals surface area (Å²) in [7, 11) is 0. The van der Waals surface area contributed by atoms with E-state index in [9.17, 15) is 19.2 Å². The number of rotatable bonds is 10. The molecule has 1 fully saturated rings. The van der Waals surface area contributed by atoms with Crippen LogP contribution >= 0.6 is 0 Å². The summed E-state index contributed by atoms with van der Waals surface area (Å²) < 4.78 is 10.2. The number of nitrogens with one attached hydrogen (secondary N) is 2. The van der Waals surface area contributed by atoms with E-state index in [1.54, 1.807) is 58.9 Å². The molecule has 0 bridgehead atoms. The Morgan fingerprint density at radius 1 is 1.17 bits per heavy atom. The highest BCUT2D eigenvalue weighted by atomic mass is 16.6. The van der Waals surface area contributed by atoms with Crippen molar-refractivity contribution in [3.8, 4) is 12.3 Å². The summed E-state index contributed by atoms with van der Waals surface area (Å²) in [6.45, 7) is 8.76. The van der Waals surface area contributed by atoms with Crippen molar-refractivity contribution in [3.63, 3.8) is 0 Å². The molecule has 0 spiro atoms. The number of terminal acetylenes is 1. The molecule has 3 amide bonds. The Hall–Kier alpha value is -3.54. The van der Waals surface area contributed by atoms with Crippen molar-refractivity contribution in [2.45, 2.75) is 77.6 Å². The molecule has 190 valence electrons. The Balaban J connectivity index is 2.27. The Bertz CT molecular complexity index is 957. The van der Waals surface area contributed by atoms with Crippen LogP contribution in [0.3, 0.4) is 0 Å². The molecule has 1 saturated carbocycles. The summed E-state index contributed by atoms with van der Waals surface area (Å²) >= 11 is 0. The van der Waals surface area contributed by atoms with Crippen LogP contribution in [0.15, 0.2) is 24.3 Å². The van der Waals surface area contributed by atoms with Gasteiger partial charge in [0.2, 0.25) is 11.8 Å². The molecule has 2 atom stereocenters. The van der Waals surface area contributed by atoms with Crippen molar-refractivity contribution in [2.75, 3.05) is 13.2 Å². The van der Waals surface area contributed by atoms with Crippen LogP contribution in [0, 0.1) is 12.3 Å². The first-order valence-corrected chi connectivity index (χ1v) is 11.8. The second kappa shape index (κ2) is 12.2. The molecular weight excluding hydrogens is 450 g/mol. The highest BCUT2D eigenvalue weighted by Gasteiger charge is 2.43. The molecule has 2 N–H and O–H groups in total. The number of nitrogens with zero attached hydrogens (tertiary/aromatic N) is 1. The van der Waals surface area contributed by atoms with Gasteiger partial charge in [-0.2, -0.15) is 0 Å². The van der Waals surface area contributed by atoms with E-state index in [4.69, 9.17) is 15.9 Å². The molecule has 0 saturated heterocycles.